The maximum atomic E-state index is 12.2. The topological polar surface area (TPSA) is 20.2 Å². The van der Waals surface area contributed by atoms with Gasteiger partial charge in [-0.1, -0.05) is 170 Å². The third kappa shape index (κ3) is 3.73. The highest BCUT2D eigenvalue weighted by Crippen LogP contribution is 2.53. The van der Waals surface area contributed by atoms with Crippen LogP contribution in [0, 0.1) is 0 Å². The monoisotopic (exact) mass is 588 g/mol. The summed E-state index contributed by atoms with van der Waals surface area (Å²) in [4.78, 5) is 0. The van der Waals surface area contributed by atoms with E-state index in [0.29, 0.717) is 0 Å². The predicted molar refractivity (Wildman–Crippen MR) is 189 cm³/mol. The second kappa shape index (κ2) is 10.0. The molecule has 218 valence electrons. The summed E-state index contributed by atoms with van der Waals surface area (Å²) >= 11 is 0. The van der Waals surface area contributed by atoms with Crippen LogP contribution in [0.3, 0.4) is 0 Å². The van der Waals surface area contributed by atoms with Gasteiger partial charge in [-0.15, -0.1) is 0 Å². The minimum atomic E-state index is -1.17. The molecule has 0 saturated heterocycles. The first-order chi connectivity index (χ1) is 22.6. The smallest absolute Gasteiger partial charge is 0.141 e. The van der Waals surface area contributed by atoms with E-state index in [4.69, 9.17) is 0 Å². The van der Waals surface area contributed by atoms with Crippen LogP contribution in [0.1, 0.15) is 40.3 Å². The fourth-order valence-corrected chi connectivity index (χ4v) is 8.04. The van der Waals surface area contributed by atoms with Crippen molar-refractivity contribution in [2.75, 3.05) is 0 Å². The Morgan fingerprint density at radius 1 is 0.326 bits per heavy atom. The van der Waals surface area contributed by atoms with Gasteiger partial charge in [0.05, 0.1) is 0 Å². The van der Waals surface area contributed by atoms with Crippen molar-refractivity contribution >= 4 is 0 Å². The van der Waals surface area contributed by atoms with Crippen molar-refractivity contribution in [2.45, 2.75) is 17.9 Å². The first-order valence-corrected chi connectivity index (χ1v) is 16.0. The molecule has 7 aromatic rings. The molecule has 7 aromatic carbocycles. The fraction of sp³-hybridized carbons (Fsp3) is 0.0667. The van der Waals surface area contributed by atoms with Crippen LogP contribution in [0.5, 0.6) is 0 Å². The van der Waals surface area contributed by atoms with E-state index < -0.39 is 5.60 Å². The van der Waals surface area contributed by atoms with Gasteiger partial charge in [-0.3, -0.25) is 0 Å². The number of hydrogen-bond acceptors (Lipinski definition) is 1. The van der Waals surface area contributed by atoms with E-state index in [1.165, 1.54) is 38.9 Å². The van der Waals surface area contributed by atoms with E-state index in [-0.39, 0.29) is 5.41 Å². The number of fused-ring (bicyclic) bond motifs is 6. The normalized spacial score (nSPS) is 14.7. The SMILES string of the molecule is CC1(c2ccc(-c3ccc(-c4ccc(C5(O)c6ccccc6-c6ccccc65)cc4)cc3)cc2)c2ccccc2-c2ccccc21. The van der Waals surface area contributed by atoms with Crippen molar-refractivity contribution in [3.8, 4) is 44.5 Å². The molecule has 0 atom stereocenters. The highest BCUT2D eigenvalue weighted by molar-refractivity contribution is 5.84. The molecular weight excluding hydrogens is 556 g/mol. The maximum absolute atomic E-state index is 12.2. The first kappa shape index (κ1) is 26.9. The zero-order chi connectivity index (χ0) is 30.9. The highest BCUT2D eigenvalue weighted by Gasteiger charge is 2.43. The Labute approximate surface area is 270 Å². The number of benzene rings is 7. The van der Waals surface area contributed by atoms with Crippen molar-refractivity contribution in [1.29, 1.82) is 0 Å². The minimum Gasteiger partial charge on any atom is -0.376 e. The van der Waals surface area contributed by atoms with Crippen molar-refractivity contribution < 1.29 is 5.11 Å². The van der Waals surface area contributed by atoms with E-state index in [9.17, 15) is 5.11 Å². The second-order valence-corrected chi connectivity index (χ2v) is 12.7. The van der Waals surface area contributed by atoms with Crippen LogP contribution in [-0.4, -0.2) is 5.11 Å². The van der Waals surface area contributed by atoms with Crippen LogP contribution in [0.4, 0.5) is 0 Å². The molecule has 1 nitrogen and oxygen atoms in total. The zero-order valence-electron chi connectivity index (χ0n) is 25.6. The lowest BCUT2D eigenvalue weighted by molar-refractivity contribution is 0.131. The predicted octanol–water partition coefficient (Wildman–Crippen LogP) is 10.6. The lowest BCUT2D eigenvalue weighted by Crippen LogP contribution is -2.26. The first-order valence-electron chi connectivity index (χ1n) is 16.0. The Morgan fingerprint density at radius 2 is 0.609 bits per heavy atom. The molecule has 0 aromatic heterocycles. The van der Waals surface area contributed by atoms with Gasteiger partial charge in [-0.05, 0) is 73.7 Å². The van der Waals surface area contributed by atoms with Crippen LogP contribution in [0.15, 0.2) is 170 Å². The van der Waals surface area contributed by atoms with Crippen molar-refractivity contribution in [1.82, 2.24) is 0 Å². The van der Waals surface area contributed by atoms with Crippen LogP contribution in [0.25, 0.3) is 44.5 Å². The van der Waals surface area contributed by atoms with Crippen molar-refractivity contribution in [3.63, 3.8) is 0 Å². The Morgan fingerprint density at radius 3 is 1.00 bits per heavy atom. The molecule has 0 heterocycles. The summed E-state index contributed by atoms with van der Waals surface area (Å²) in [6.07, 6.45) is 0. The summed E-state index contributed by atoms with van der Waals surface area (Å²) in [6, 6.07) is 60.3. The van der Waals surface area contributed by atoms with Crippen molar-refractivity contribution in [2.24, 2.45) is 0 Å². The molecule has 0 fully saturated rings. The number of aliphatic hydroxyl groups is 1. The van der Waals surface area contributed by atoms with E-state index in [0.717, 1.165) is 38.9 Å². The average molecular weight is 589 g/mol. The van der Waals surface area contributed by atoms with Gasteiger partial charge in [0, 0.05) is 16.5 Å². The van der Waals surface area contributed by atoms with Crippen LogP contribution in [0.2, 0.25) is 0 Å². The molecule has 0 saturated carbocycles. The number of hydrogen-bond donors (Lipinski definition) is 1. The molecule has 0 spiro atoms. The third-order valence-electron chi connectivity index (χ3n) is 10.5. The van der Waals surface area contributed by atoms with E-state index in [2.05, 4.69) is 140 Å². The Hall–Kier alpha value is -5.50. The van der Waals surface area contributed by atoms with Gasteiger partial charge in [0.25, 0.3) is 0 Å². The minimum absolute atomic E-state index is 0.183. The Balaban J connectivity index is 1.00. The van der Waals surface area contributed by atoms with E-state index in [1.54, 1.807) is 0 Å². The standard InChI is InChI=1S/C45H32O/c1-44(40-14-6-2-10-36(40)37-11-3-7-15-41(37)44)34-26-22-32(23-27-34)30-18-20-31(21-19-30)33-24-28-35(29-25-33)45(46)42-16-8-4-12-38(42)39-13-5-9-17-43(39)45/h2-29,46H,1H3. The number of rotatable bonds is 4. The summed E-state index contributed by atoms with van der Waals surface area (Å²) < 4.78 is 0. The summed E-state index contributed by atoms with van der Waals surface area (Å²) in [5, 5.41) is 12.2. The molecular formula is C45H32O. The molecule has 1 heteroatoms. The Bertz CT molecular complexity index is 2000. The largest absolute Gasteiger partial charge is 0.376 e. The third-order valence-corrected chi connectivity index (χ3v) is 10.5. The molecule has 46 heavy (non-hydrogen) atoms. The molecule has 0 bridgehead atoms. The quantitative estimate of drug-likeness (QED) is 0.217. The van der Waals surface area contributed by atoms with Gasteiger partial charge in [0.15, 0.2) is 0 Å². The van der Waals surface area contributed by atoms with Crippen molar-refractivity contribution in [3.05, 3.63) is 203 Å². The second-order valence-electron chi connectivity index (χ2n) is 12.7. The molecule has 2 aliphatic rings. The van der Waals surface area contributed by atoms with Crippen LogP contribution >= 0.6 is 0 Å². The van der Waals surface area contributed by atoms with Gasteiger partial charge in [0.1, 0.15) is 5.60 Å². The van der Waals surface area contributed by atoms with Crippen LogP contribution in [-0.2, 0) is 11.0 Å². The fourth-order valence-electron chi connectivity index (χ4n) is 8.04. The van der Waals surface area contributed by atoms with Gasteiger partial charge in [-0.2, -0.15) is 0 Å². The maximum Gasteiger partial charge on any atom is 0.141 e. The molecule has 0 unspecified atom stereocenters. The molecule has 9 rings (SSSR count). The molecule has 1 N–H and O–H groups in total. The molecule has 2 aliphatic carbocycles. The Kier molecular flexibility index (Phi) is 5.84. The van der Waals surface area contributed by atoms with Gasteiger partial charge < -0.3 is 5.11 Å². The van der Waals surface area contributed by atoms with E-state index >= 15 is 0 Å². The lowest BCUT2D eigenvalue weighted by Gasteiger charge is -2.28. The average Bonchev–Trinajstić information content (AvgIpc) is 3.56. The zero-order valence-corrected chi connectivity index (χ0v) is 25.6. The molecule has 0 amide bonds. The summed E-state index contributed by atoms with van der Waals surface area (Å²) in [6.45, 7) is 2.36. The summed E-state index contributed by atoms with van der Waals surface area (Å²) in [7, 11) is 0. The molecule has 0 radical (unpaired) electrons. The molecule has 0 aliphatic heterocycles. The highest BCUT2D eigenvalue weighted by atomic mass is 16.3. The van der Waals surface area contributed by atoms with Gasteiger partial charge in [-0.25, -0.2) is 0 Å². The van der Waals surface area contributed by atoms with Crippen LogP contribution < -0.4 is 0 Å². The van der Waals surface area contributed by atoms with Gasteiger partial charge in [0.2, 0.25) is 0 Å². The van der Waals surface area contributed by atoms with Gasteiger partial charge >= 0.3 is 0 Å². The lowest BCUT2D eigenvalue weighted by atomic mass is 9.74. The summed E-state index contributed by atoms with van der Waals surface area (Å²) in [5.74, 6) is 0. The van der Waals surface area contributed by atoms with E-state index in [1.807, 2.05) is 36.4 Å². The summed E-state index contributed by atoms with van der Waals surface area (Å²) in [5.41, 5.74) is 15.0.